The lowest BCUT2D eigenvalue weighted by Crippen LogP contribution is -2.44. The molecule has 8 nitrogen and oxygen atoms in total. The van der Waals surface area contributed by atoms with Crippen molar-refractivity contribution >= 4 is 37.7 Å². The second-order valence-electron chi connectivity index (χ2n) is 6.59. The van der Waals surface area contributed by atoms with E-state index in [-0.39, 0.29) is 5.56 Å². The number of hydrogen-bond donors (Lipinski definition) is 2. The van der Waals surface area contributed by atoms with E-state index in [0.29, 0.717) is 11.6 Å². The summed E-state index contributed by atoms with van der Waals surface area (Å²) in [5.41, 5.74) is 1.60. The van der Waals surface area contributed by atoms with Crippen LogP contribution in [0.3, 0.4) is 0 Å². The molecule has 0 bridgehead atoms. The Hall–Kier alpha value is -2.49. The van der Waals surface area contributed by atoms with Crippen LogP contribution >= 0.6 is 0 Å². The largest absolute Gasteiger partial charge is 0.354 e. The van der Waals surface area contributed by atoms with Gasteiger partial charge in [0.1, 0.15) is 5.82 Å². The maximum atomic E-state index is 12.1. The Morgan fingerprint density at radius 1 is 1.04 bits per heavy atom. The number of benzene rings is 1. The van der Waals surface area contributed by atoms with Crippen LogP contribution in [-0.2, 0) is 10.1 Å². The van der Waals surface area contributed by atoms with Gasteiger partial charge >= 0.3 is 0 Å². The van der Waals surface area contributed by atoms with Crippen molar-refractivity contribution in [2.75, 3.05) is 44.4 Å². The molecule has 2 aromatic heterocycles. The predicted molar refractivity (Wildman–Crippen MR) is 107 cm³/mol. The molecule has 0 radical (unpaired) electrons. The van der Waals surface area contributed by atoms with Gasteiger partial charge in [-0.2, -0.15) is 8.42 Å². The Morgan fingerprint density at radius 3 is 2.26 bits per heavy atom. The molecule has 0 atom stereocenters. The summed E-state index contributed by atoms with van der Waals surface area (Å²) in [6.07, 6.45) is 0.715. The van der Waals surface area contributed by atoms with Gasteiger partial charge in [0.05, 0.1) is 17.3 Å². The normalized spacial score (nSPS) is 15.6. The van der Waals surface area contributed by atoms with Crippen molar-refractivity contribution in [1.82, 2.24) is 14.9 Å². The number of aromatic amines is 1. The van der Waals surface area contributed by atoms with Gasteiger partial charge in [-0.3, -0.25) is 9.35 Å². The highest BCUT2D eigenvalue weighted by atomic mass is 32.2. The van der Waals surface area contributed by atoms with Crippen molar-refractivity contribution in [1.29, 1.82) is 0 Å². The fourth-order valence-corrected chi connectivity index (χ4v) is 3.04. The van der Waals surface area contributed by atoms with Crippen LogP contribution < -0.4 is 10.5 Å². The van der Waals surface area contributed by atoms with Crippen LogP contribution in [0.4, 0.5) is 5.82 Å². The van der Waals surface area contributed by atoms with Crippen molar-refractivity contribution < 1.29 is 13.0 Å². The number of aromatic nitrogens is 2. The van der Waals surface area contributed by atoms with Gasteiger partial charge in [0.2, 0.25) is 0 Å². The zero-order valence-electron chi connectivity index (χ0n) is 15.2. The molecule has 0 saturated carbocycles. The molecular weight excluding hydrogens is 368 g/mol. The molecule has 1 aliphatic rings. The minimum Gasteiger partial charge on any atom is -0.354 e. The van der Waals surface area contributed by atoms with Crippen LogP contribution in [0.1, 0.15) is 0 Å². The summed E-state index contributed by atoms with van der Waals surface area (Å²) in [6.45, 7) is 4.06. The van der Waals surface area contributed by atoms with Gasteiger partial charge in [-0.1, -0.05) is 18.2 Å². The van der Waals surface area contributed by atoms with E-state index in [2.05, 4.69) is 21.8 Å². The zero-order valence-corrected chi connectivity index (χ0v) is 16.0. The van der Waals surface area contributed by atoms with Crippen LogP contribution in [0.15, 0.2) is 41.2 Å². The van der Waals surface area contributed by atoms with E-state index < -0.39 is 10.1 Å². The van der Waals surface area contributed by atoms with Gasteiger partial charge < -0.3 is 14.8 Å². The van der Waals surface area contributed by atoms with E-state index in [9.17, 15) is 13.2 Å². The first kappa shape index (κ1) is 19.3. The Morgan fingerprint density at radius 2 is 1.63 bits per heavy atom. The van der Waals surface area contributed by atoms with Crippen molar-refractivity contribution in [2.45, 2.75) is 0 Å². The Kier molecular flexibility index (Phi) is 5.45. The number of anilines is 1. The third-order valence-corrected chi connectivity index (χ3v) is 4.38. The lowest BCUT2D eigenvalue weighted by atomic mass is 10.1. The summed E-state index contributed by atoms with van der Waals surface area (Å²) in [5, 5.41) is 1.61. The van der Waals surface area contributed by atoms with E-state index in [0.717, 1.165) is 48.4 Å². The van der Waals surface area contributed by atoms with E-state index >= 15 is 0 Å². The van der Waals surface area contributed by atoms with Crippen LogP contribution in [0.25, 0.3) is 21.8 Å². The number of H-pyrrole nitrogens is 1. The average molecular weight is 390 g/mol. The molecule has 1 aromatic carbocycles. The second kappa shape index (κ2) is 7.63. The van der Waals surface area contributed by atoms with Gasteiger partial charge in [0, 0.05) is 37.0 Å². The van der Waals surface area contributed by atoms with Gasteiger partial charge in [-0.05, 0) is 25.2 Å². The van der Waals surface area contributed by atoms with Crippen LogP contribution in [0, 0.1) is 0 Å². The molecule has 27 heavy (non-hydrogen) atoms. The number of hydrogen-bond acceptors (Lipinski definition) is 6. The Balaban J connectivity index is 0.000000376. The fraction of sp³-hybridized carbons (Fsp3) is 0.333. The first-order valence-electron chi connectivity index (χ1n) is 8.50. The molecule has 0 amide bonds. The summed E-state index contributed by atoms with van der Waals surface area (Å²) in [4.78, 5) is 24.5. The van der Waals surface area contributed by atoms with Crippen LogP contribution in [-0.4, -0.2) is 67.3 Å². The lowest BCUT2D eigenvalue weighted by Gasteiger charge is -2.33. The molecule has 0 spiro atoms. The highest BCUT2D eigenvalue weighted by molar-refractivity contribution is 7.85. The molecule has 144 valence electrons. The van der Waals surface area contributed by atoms with Crippen LogP contribution in [0.5, 0.6) is 0 Å². The van der Waals surface area contributed by atoms with E-state index in [1.54, 1.807) is 0 Å². The predicted octanol–water partition coefficient (Wildman–Crippen LogP) is 1.33. The smallest absolute Gasteiger partial charge is 0.261 e. The Labute approximate surface area is 157 Å². The molecular formula is C18H22N4O4S. The molecule has 3 aromatic rings. The van der Waals surface area contributed by atoms with Gasteiger partial charge in [0.15, 0.2) is 0 Å². The molecule has 0 aliphatic carbocycles. The van der Waals surface area contributed by atoms with Gasteiger partial charge in [-0.25, -0.2) is 4.98 Å². The molecule has 1 fully saturated rings. The van der Waals surface area contributed by atoms with Crippen LogP contribution in [0.2, 0.25) is 0 Å². The van der Waals surface area contributed by atoms with Crippen molar-refractivity contribution in [3.8, 4) is 0 Å². The number of likely N-dealkylation sites (N-methyl/N-ethyl adjacent to an activating group) is 1. The SMILES string of the molecule is CN1CCN(c2ccc3[nH]c(=O)c4ccccc4c3n2)CC1.CS(=O)(=O)O. The quantitative estimate of drug-likeness (QED) is 0.477. The minimum atomic E-state index is -3.67. The van der Waals surface area contributed by atoms with Crippen molar-refractivity contribution in [3.63, 3.8) is 0 Å². The lowest BCUT2D eigenvalue weighted by molar-refractivity contribution is 0.312. The van der Waals surface area contributed by atoms with E-state index in [1.165, 1.54) is 0 Å². The maximum Gasteiger partial charge on any atom is 0.261 e. The number of piperazine rings is 1. The number of nitrogens with zero attached hydrogens (tertiary/aromatic N) is 3. The van der Waals surface area contributed by atoms with E-state index in [1.807, 2.05) is 36.4 Å². The van der Waals surface area contributed by atoms with Gasteiger partial charge in [-0.15, -0.1) is 0 Å². The monoisotopic (exact) mass is 390 g/mol. The Bertz CT molecular complexity index is 1110. The maximum absolute atomic E-state index is 12.1. The number of fused-ring (bicyclic) bond motifs is 3. The third-order valence-electron chi connectivity index (χ3n) is 4.38. The summed E-state index contributed by atoms with van der Waals surface area (Å²) in [5.74, 6) is 0.984. The topological polar surface area (TPSA) is 107 Å². The minimum absolute atomic E-state index is 0.0581. The standard InChI is InChI=1S/C17H18N4O.CH4O3S/c1-20-8-10-21(11-9-20)15-7-6-14-16(19-15)12-4-2-3-5-13(12)17(22)18-14;1-5(2,3)4/h2-7H,8-11H2,1H3,(H,18,22);1H3,(H,2,3,4). The van der Waals surface area contributed by atoms with E-state index in [4.69, 9.17) is 9.54 Å². The number of rotatable bonds is 1. The molecule has 1 aliphatic heterocycles. The average Bonchev–Trinajstić information content (AvgIpc) is 2.61. The number of pyridine rings is 2. The summed E-state index contributed by atoms with van der Waals surface area (Å²) in [6, 6.07) is 11.6. The summed E-state index contributed by atoms with van der Waals surface area (Å²) < 4.78 is 25.9. The van der Waals surface area contributed by atoms with Gasteiger partial charge in [0.25, 0.3) is 15.7 Å². The third kappa shape index (κ3) is 4.82. The molecule has 0 unspecified atom stereocenters. The molecule has 3 heterocycles. The highest BCUT2D eigenvalue weighted by Crippen LogP contribution is 2.23. The summed E-state index contributed by atoms with van der Waals surface area (Å²) >= 11 is 0. The fourth-order valence-electron chi connectivity index (χ4n) is 3.04. The number of nitrogens with one attached hydrogen (secondary N) is 1. The van der Waals surface area contributed by atoms with Crippen molar-refractivity contribution in [3.05, 3.63) is 46.8 Å². The molecule has 9 heteroatoms. The summed E-state index contributed by atoms with van der Waals surface area (Å²) in [7, 11) is -1.52. The molecule has 2 N–H and O–H groups in total. The zero-order chi connectivity index (χ0) is 19.6. The first-order chi connectivity index (χ1) is 12.7. The highest BCUT2D eigenvalue weighted by Gasteiger charge is 2.16. The first-order valence-corrected chi connectivity index (χ1v) is 10.3. The molecule has 4 rings (SSSR count). The van der Waals surface area contributed by atoms with Crippen molar-refractivity contribution in [2.24, 2.45) is 0 Å². The molecule has 1 saturated heterocycles. The second-order valence-corrected chi connectivity index (χ2v) is 8.05.